The summed E-state index contributed by atoms with van der Waals surface area (Å²) in [6.45, 7) is 0.847. The number of halogens is 1. The summed E-state index contributed by atoms with van der Waals surface area (Å²) in [5.41, 5.74) is 8.98. The van der Waals surface area contributed by atoms with E-state index in [0.29, 0.717) is 12.1 Å². The molecule has 3 nitrogen and oxygen atoms in total. The summed E-state index contributed by atoms with van der Waals surface area (Å²) < 4.78 is 15.4. The van der Waals surface area contributed by atoms with E-state index < -0.39 is 0 Å². The zero-order chi connectivity index (χ0) is 14.7. The van der Waals surface area contributed by atoms with Crippen LogP contribution in [0.4, 0.5) is 4.39 Å². The molecule has 4 heteroatoms. The molecular formula is C17H14FN3. The second-order valence-corrected chi connectivity index (χ2v) is 4.67. The van der Waals surface area contributed by atoms with Gasteiger partial charge in [0.05, 0.1) is 30.5 Å². The number of nitrogens with zero attached hydrogens (tertiary/aromatic N) is 2. The Bertz CT molecular complexity index is 840. The van der Waals surface area contributed by atoms with Gasteiger partial charge in [-0.3, -0.25) is 0 Å². The molecule has 0 bridgehead atoms. The molecule has 0 aliphatic carbocycles. The quantitative estimate of drug-likeness (QED) is 0.733. The third-order valence-corrected chi connectivity index (χ3v) is 3.27. The summed E-state index contributed by atoms with van der Waals surface area (Å²) in [5.74, 6) is 5.40. The average molecular weight is 279 g/mol. The number of benzene rings is 2. The molecule has 0 spiro atoms. The van der Waals surface area contributed by atoms with E-state index in [2.05, 4.69) is 16.8 Å². The predicted octanol–water partition coefficient (Wildman–Crippen LogP) is 2.53. The lowest BCUT2D eigenvalue weighted by atomic mass is 10.1. The standard InChI is InChI=1S/C17H14FN3/c18-15-8-7-14(13(10-15)4-3-9-19)11-21-12-20-16-5-1-2-6-17(16)21/h1-2,5-8,10,12H,9,11,19H2. The molecule has 0 radical (unpaired) electrons. The van der Waals surface area contributed by atoms with Crippen LogP contribution in [0.1, 0.15) is 11.1 Å². The van der Waals surface area contributed by atoms with Crippen molar-refractivity contribution in [3.8, 4) is 11.8 Å². The molecule has 3 rings (SSSR count). The number of hydrogen-bond donors (Lipinski definition) is 1. The van der Waals surface area contributed by atoms with Crippen molar-refractivity contribution in [3.63, 3.8) is 0 Å². The van der Waals surface area contributed by atoms with Gasteiger partial charge < -0.3 is 10.3 Å². The highest BCUT2D eigenvalue weighted by atomic mass is 19.1. The molecule has 0 unspecified atom stereocenters. The van der Waals surface area contributed by atoms with Crippen LogP contribution in [-0.4, -0.2) is 16.1 Å². The van der Waals surface area contributed by atoms with Gasteiger partial charge in [-0.2, -0.15) is 0 Å². The zero-order valence-corrected chi connectivity index (χ0v) is 11.4. The first-order valence-electron chi connectivity index (χ1n) is 6.65. The van der Waals surface area contributed by atoms with Gasteiger partial charge in [0, 0.05) is 5.56 Å². The van der Waals surface area contributed by atoms with Crippen LogP contribution in [0, 0.1) is 17.7 Å². The Morgan fingerprint density at radius 3 is 2.90 bits per heavy atom. The second-order valence-electron chi connectivity index (χ2n) is 4.67. The highest BCUT2D eigenvalue weighted by Crippen LogP contribution is 2.17. The van der Waals surface area contributed by atoms with E-state index in [0.717, 1.165) is 16.6 Å². The molecule has 21 heavy (non-hydrogen) atoms. The minimum Gasteiger partial charge on any atom is -0.326 e. The Balaban J connectivity index is 2.01. The summed E-state index contributed by atoms with van der Waals surface area (Å²) >= 11 is 0. The molecule has 1 heterocycles. The minimum atomic E-state index is -0.296. The summed E-state index contributed by atoms with van der Waals surface area (Å²) in [7, 11) is 0. The van der Waals surface area contributed by atoms with Crippen molar-refractivity contribution in [1.82, 2.24) is 9.55 Å². The predicted molar refractivity (Wildman–Crippen MR) is 81.2 cm³/mol. The lowest BCUT2D eigenvalue weighted by molar-refractivity contribution is 0.626. The van der Waals surface area contributed by atoms with Crippen molar-refractivity contribution in [2.45, 2.75) is 6.54 Å². The summed E-state index contributed by atoms with van der Waals surface area (Å²) in [5, 5.41) is 0. The second kappa shape index (κ2) is 5.78. The molecule has 2 aromatic carbocycles. The van der Waals surface area contributed by atoms with Crippen LogP contribution in [0.2, 0.25) is 0 Å². The fraction of sp³-hybridized carbons (Fsp3) is 0.118. The molecule has 0 fully saturated rings. The fourth-order valence-corrected chi connectivity index (χ4v) is 2.27. The molecule has 104 valence electrons. The van der Waals surface area contributed by atoms with Crippen LogP contribution in [0.5, 0.6) is 0 Å². The van der Waals surface area contributed by atoms with Crippen molar-refractivity contribution < 1.29 is 4.39 Å². The molecule has 0 aliphatic heterocycles. The largest absolute Gasteiger partial charge is 0.326 e. The molecule has 0 saturated heterocycles. The number of para-hydroxylation sites is 2. The van der Waals surface area contributed by atoms with Crippen molar-refractivity contribution in [3.05, 3.63) is 65.7 Å². The molecule has 0 aliphatic rings. The Labute approximate surface area is 122 Å². The third-order valence-electron chi connectivity index (χ3n) is 3.27. The monoisotopic (exact) mass is 279 g/mol. The number of aromatic nitrogens is 2. The van der Waals surface area contributed by atoms with Crippen molar-refractivity contribution in [1.29, 1.82) is 0 Å². The number of imidazole rings is 1. The van der Waals surface area contributed by atoms with Gasteiger partial charge in [0.2, 0.25) is 0 Å². The van der Waals surface area contributed by atoms with Gasteiger partial charge in [0.15, 0.2) is 0 Å². The van der Waals surface area contributed by atoms with Gasteiger partial charge in [0.25, 0.3) is 0 Å². The fourth-order valence-electron chi connectivity index (χ4n) is 2.27. The van der Waals surface area contributed by atoms with Crippen molar-refractivity contribution in [2.24, 2.45) is 5.73 Å². The van der Waals surface area contributed by atoms with Crippen LogP contribution < -0.4 is 5.73 Å². The Morgan fingerprint density at radius 2 is 2.05 bits per heavy atom. The SMILES string of the molecule is NCC#Cc1cc(F)ccc1Cn1cnc2ccccc21. The van der Waals surface area contributed by atoms with E-state index in [4.69, 9.17) is 5.73 Å². The zero-order valence-electron chi connectivity index (χ0n) is 11.4. The highest BCUT2D eigenvalue weighted by molar-refractivity contribution is 5.75. The van der Waals surface area contributed by atoms with E-state index in [9.17, 15) is 4.39 Å². The van der Waals surface area contributed by atoms with Gasteiger partial charge in [-0.15, -0.1) is 0 Å². The van der Waals surface area contributed by atoms with Crippen LogP contribution in [0.3, 0.4) is 0 Å². The number of hydrogen-bond acceptors (Lipinski definition) is 2. The van der Waals surface area contributed by atoms with Crippen LogP contribution in [0.25, 0.3) is 11.0 Å². The van der Waals surface area contributed by atoms with E-state index in [1.54, 1.807) is 12.4 Å². The van der Waals surface area contributed by atoms with E-state index in [-0.39, 0.29) is 12.4 Å². The molecule has 0 amide bonds. The van der Waals surface area contributed by atoms with Gasteiger partial charge in [-0.1, -0.05) is 30.0 Å². The maximum atomic E-state index is 13.4. The highest BCUT2D eigenvalue weighted by Gasteiger charge is 2.06. The number of rotatable bonds is 2. The summed E-state index contributed by atoms with van der Waals surface area (Å²) in [6.07, 6.45) is 1.79. The Kier molecular flexibility index (Phi) is 3.67. The lowest BCUT2D eigenvalue weighted by Crippen LogP contribution is -2.01. The molecular weight excluding hydrogens is 265 g/mol. The smallest absolute Gasteiger partial charge is 0.124 e. The van der Waals surface area contributed by atoms with Gasteiger partial charge in [0.1, 0.15) is 5.82 Å². The maximum Gasteiger partial charge on any atom is 0.124 e. The Morgan fingerprint density at radius 1 is 1.19 bits per heavy atom. The third kappa shape index (κ3) is 2.78. The average Bonchev–Trinajstić information content (AvgIpc) is 2.91. The number of fused-ring (bicyclic) bond motifs is 1. The first kappa shape index (κ1) is 13.3. The van der Waals surface area contributed by atoms with Crippen LogP contribution in [-0.2, 0) is 6.54 Å². The summed E-state index contributed by atoms with van der Waals surface area (Å²) in [6, 6.07) is 12.5. The topological polar surface area (TPSA) is 43.8 Å². The van der Waals surface area contributed by atoms with Crippen molar-refractivity contribution in [2.75, 3.05) is 6.54 Å². The van der Waals surface area contributed by atoms with E-state index in [1.807, 2.05) is 28.8 Å². The number of nitrogens with two attached hydrogens (primary N) is 1. The molecule has 2 N–H and O–H groups in total. The Hall–Kier alpha value is -2.64. The lowest BCUT2D eigenvalue weighted by Gasteiger charge is -2.07. The van der Waals surface area contributed by atoms with Gasteiger partial charge in [-0.05, 0) is 29.8 Å². The molecule has 3 aromatic rings. The molecule has 0 atom stereocenters. The van der Waals surface area contributed by atoms with Crippen LogP contribution >= 0.6 is 0 Å². The van der Waals surface area contributed by atoms with Crippen molar-refractivity contribution >= 4 is 11.0 Å². The van der Waals surface area contributed by atoms with Gasteiger partial charge >= 0.3 is 0 Å². The van der Waals surface area contributed by atoms with E-state index >= 15 is 0 Å². The minimum absolute atomic E-state index is 0.254. The first-order valence-corrected chi connectivity index (χ1v) is 6.65. The van der Waals surface area contributed by atoms with E-state index in [1.165, 1.54) is 12.1 Å². The first-order chi connectivity index (χ1) is 10.3. The summed E-state index contributed by atoms with van der Waals surface area (Å²) in [4.78, 5) is 4.36. The molecule has 1 aromatic heterocycles. The molecule has 0 saturated carbocycles. The van der Waals surface area contributed by atoms with Gasteiger partial charge in [-0.25, -0.2) is 9.37 Å². The normalized spacial score (nSPS) is 10.4. The maximum absolute atomic E-state index is 13.4. The van der Waals surface area contributed by atoms with Crippen LogP contribution in [0.15, 0.2) is 48.8 Å².